The van der Waals surface area contributed by atoms with Crippen LogP contribution in [0.25, 0.3) is 0 Å². The minimum Gasteiger partial charge on any atom is -0.464 e. The van der Waals surface area contributed by atoms with Crippen LogP contribution in [0.1, 0.15) is 10.5 Å². The quantitative estimate of drug-likeness (QED) is 0.622. The van der Waals surface area contributed by atoms with Crippen LogP contribution in [-0.2, 0) is 11.5 Å². The van der Waals surface area contributed by atoms with Crippen LogP contribution in [0.2, 0.25) is 0 Å². The van der Waals surface area contributed by atoms with Crippen molar-refractivity contribution in [1.29, 1.82) is 0 Å². The van der Waals surface area contributed by atoms with E-state index in [9.17, 15) is 4.79 Å². The molecule has 0 saturated carbocycles. The minimum absolute atomic E-state index is 0.229. The summed E-state index contributed by atoms with van der Waals surface area (Å²) < 4.78 is 6.39. The summed E-state index contributed by atoms with van der Waals surface area (Å²) in [6.45, 7) is -0.243. The molecule has 1 rings (SSSR count). The lowest BCUT2D eigenvalue weighted by Gasteiger charge is -1.93. The highest BCUT2D eigenvalue weighted by Crippen LogP contribution is 2.10. The lowest BCUT2D eigenvalue weighted by molar-refractivity contribution is 0.0590. The molecule has 1 aromatic heterocycles. The van der Waals surface area contributed by atoms with Gasteiger partial charge in [0.1, 0.15) is 6.73 Å². The first-order valence-corrected chi connectivity index (χ1v) is 4.19. The number of aliphatic hydroxyl groups excluding tert-OH is 1. The molecular formula is C6H7IN2O3. The summed E-state index contributed by atoms with van der Waals surface area (Å²) >= 11 is 1.95. The molecule has 12 heavy (non-hydrogen) atoms. The minimum atomic E-state index is -0.494. The van der Waals surface area contributed by atoms with E-state index in [1.165, 1.54) is 11.8 Å². The lowest BCUT2D eigenvalue weighted by atomic mass is 10.4. The standard InChI is InChI=1S/C6H7IN2O3/c1-12-6(11)5-4(7)2-9(3-10)8-5/h2,10H,3H2,1H3. The molecule has 0 saturated heterocycles. The topological polar surface area (TPSA) is 64.3 Å². The third-order valence-electron chi connectivity index (χ3n) is 1.24. The number of carbonyl (C=O) groups excluding carboxylic acids is 1. The molecule has 0 aromatic carbocycles. The third kappa shape index (κ3) is 1.75. The maximum Gasteiger partial charge on any atom is 0.359 e. The van der Waals surface area contributed by atoms with Crippen molar-refractivity contribution in [1.82, 2.24) is 9.78 Å². The number of hydrogen-bond acceptors (Lipinski definition) is 4. The smallest absolute Gasteiger partial charge is 0.359 e. The number of aliphatic hydroxyl groups is 1. The number of carbonyl (C=O) groups is 1. The zero-order chi connectivity index (χ0) is 9.14. The molecule has 0 radical (unpaired) electrons. The summed E-state index contributed by atoms with van der Waals surface area (Å²) in [5.74, 6) is -0.494. The predicted octanol–water partition coefficient (Wildman–Crippen LogP) is 0.224. The Hall–Kier alpha value is -0.630. The number of ether oxygens (including phenoxy) is 1. The highest BCUT2D eigenvalue weighted by Gasteiger charge is 2.14. The molecule has 0 aliphatic heterocycles. The molecular weight excluding hydrogens is 275 g/mol. The first-order chi connectivity index (χ1) is 5.69. The number of methoxy groups -OCH3 is 1. The van der Waals surface area contributed by atoms with E-state index in [1.807, 2.05) is 22.6 Å². The predicted molar refractivity (Wildman–Crippen MR) is 48.5 cm³/mol. The molecule has 1 heterocycles. The maximum atomic E-state index is 11.0. The fraction of sp³-hybridized carbons (Fsp3) is 0.333. The van der Waals surface area contributed by atoms with Crippen LogP contribution in [-0.4, -0.2) is 28.0 Å². The molecule has 0 bridgehead atoms. The van der Waals surface area contributed by atoms with Gasteiger partial charge in [0, 0.05) is 6.20 Å². The van der Waals surface area contributed by atoms with Crippen molar-refractivity contribution in [3.05, 3.63) is 15.5 Å². The van der Waals surface area contributed by atoms with E-state index in [4.69, 9.17) is 5.11 Å². The highest BCUT2D eigenvalue weighted by molar-refractivity contribution is 14.1. The Morgan fingerprint density at radius 2 is 2.58 bits per heavy atom. The van der Waals surface area contributed by atoms with Crippen LogP contribution in [0, 0.1) is 3.57 Å². The second kappa shape index (κ2) is 3.85. The van der Waals surface area contributed by atoms with E-state index in [2.05, 4.69) is 9.84 Å². The Balaban J connectivity index is 2.99. The van der Waals surface area contributed by atoms with Crippen LogP contribution in [0.4, 0.5) is 0 Å². The molecule has 0 spiro atoms. The summed E-state index contributed by atoms with van der Waals surface area (Å²) in [5.41, 5.74) is 0.229. The van der Waals surface area contributed by atoms with Crippen molar-refractivity contribution in [2.24, 2.45) is 0 Å². The monoisotopic (exact) mass is 282 g/mol. The Kier molecular flexibility index (Phi) is 3.04. The Morgan fingerprint density at radius 1 is 1.92 bits per heavy atom. The van der Waals surface area contributed by atoms with Gasteiger partial charge in [0.25, 0.3) is 0 Å². The molecule has 0 unspecified atom stereocenters. The van der Waals surface area contributed by atoms with Crippen LogP contribution < -0.4 is 0 Å². The van der Waals surface area contributed by atoms with Crippen LogP contribution in [0.5, 0.6) is 0 Å². The van der Waals surface area contributed by atoms with Gasteiger partial charge in [-0.25, -0.2) is 9.48 Å². The van der Waals surface area contributed by atoms with E-state index in [-0.39, 0.29) is 12.4 Å². The second-order valence-corrected chi connectivity index (χ2v) is 3.16. The molecule has 0 atom stereocenters. The highest BCUT2D eigenvalue weighted by atomic mass is 127. The van der Waals surface area contributed by atoms with Crippen molar-refractivity contribution >= 4 is 28.6 Å². The molecule has 1 N–H and O–H groups in total. The van der Waals surface area contributed by atoms with Crippen LogP contribution in [0.15, 0.2) is 6.20 Å². The van der Waals surface area contributed by atoms with E-state index in [0.29, 0.717) is 3.57 Å². The molecule has 0 aliphatic rings. The van der Waals surface area contributed by atoms with Gasteiger partial charge < -0.3 is 9.84 Å². The zero-order valence-electron chi connectivity index (χ0n) is 6.32. The number of hydrogen-bond donors (Lipinski definition) is 1. The van der Waals surface area contributed by atoms with Crippen molar-refractivity contribution in [2.45, 2.75) is 6.73 Å². The van der Waals surface area contributed by atoms with Gasteiger partial charge in [0.05, 0.1) is 10.7 Å². The Morgan fingerprint density at radius 3 is 3.00 bits per heavy atom. The molecule has 0 amide bonds. The van der Waals surface area contributed by atoms with Gasteiger partial charge in [-0.1, -0.05) is 0 Å². The summed E-state index contributed by atoms with van der Waals surface area (Å²) in [4.78, 5) is 11.0. The molecule has 66 valence electrons. The fourth-order valence-corrected chi connectivity index (χ4v) is 1.35. The van der Waals surface area contributed by atoms with Gasteiger partial charge in [0.15, 0.2) is 5.69 Å². The van der Waals surface area contributed by atoms with Crippen molar-refractivity contribution in [3.63, 3.8) is 0 Å². The van der Waals surface area contributed by atoms with E-state index in [1.54, 1.807) is 6.20 Å². The first-order valence-electron chi connectivity index (χ1n) is 3.11. The molecule has 1 aromatic rings. The zero-order valence-corrected chi connectivity index (χ0v) is 8.48. The van der Waals surface area contributed by atoms with Crippen LogP contribution >= 0.6 is 22.6 Å². The van der Waals surface area contributed by atoms with E-state index < -0.39 is 5.97 Å². The summed E-state index contributed by atoms with van der Waals surface area (Å²) in [7, 11) is 1.29. The third-order valence-corrected chi connectivity index (χ3v) is 2.03. The summed E-state index contributed by atoms with van der Waals surface area (Å²) in [5, 5.41) is 12.5. The maximum absolute atomic E-state index is 11.0. The molecule has 6 heteroatoms. The SMILES string of the molecule is COC(=O)c1nn(CO)cc1I. The number of halogens is 1. The van der Waals surface area contributed by atoms with Gasteiger partial charge >= 0.3 is 5.97 Å². The Bertz CT molecular complexity index is 297. The van der Waals surface area contributed by atoms with Gasteiger partial charge in [0.2, 0.25) is 0 Å². The number of rotatable bonds is 2. The lowest BCUT2D eigenvalue weighted by Crippen LogP contribution is -2.05. The van der Waals surface area contributed by atoms with Gasteiger partial charge in [-0.2, -0.15) is 5.10 Å². The Labute approximate surface area is 82.5 Å². The molecule has 5 nitrogen and oxygen atoms in total. The number of nitrogens with zero attached hydrogens (tertiary/aromatic N) is 2. The van der Waals surface area contributed by atoms with Crippen molar-refractivity contribution in [2.75, 3.05) is 7.11 Å². The summed E-state index contributed by atoms with van der Waals surface area (Å²) in [6.07, 6.45) is 1.56. The average Bonchev–Trinajstić information content (AvgIpc) is 2.45. The van der Waals surface area contributed by atoms with Crippen LogP contribution in [0.3, 0.4) is 0 Å². The van der Waals surface area contributed by atoms with E-state index in [0.717, 1.165) is 0 Å². The van der Waals surface area contributed by atoms with E-state index >= 15 is 0 Å². The molecule has 0 aliphatic carbocycles. The first kappa shape index (κ1) is 9.46. The largest absolute Gasteiger partial charge is 0.464 e. The second-order valence-electron chi connectivity index (χ2n) is 2.00. The number of esters is 1. The molecule has 0 fully saturated rings. The van der Waals surface area contributed by atoms with Crippen molar-refractivity contribution < 1.29 is 14.6 Å². The van der Waals surface area contributed by atoms with Gasteiger partial charge in [-0.3, -0.25) is 0 Å². The summed E-state index contributed by atoms with van der Waals surface area (Å²) in [6, 6.07) is 0. The van der Waals surface area contributed by atoms with Gasteiger partial charge in [-0.15, -0.1) is 0 Å². The fourth-order valence-electron chi connectivity index (χ4n) is 0.705. The van der Waals surface area contributed by atoms with Gasteiger partial charge in [-0.05, 0) is 22.6 Å². The number of aromatic nitrogens is 2. The van der Waals surface area contributed by atoms with Crippen molar-refractivity contribution in [3.8, 4) is 0 Å². The average molecular weight is 282 g/mol. The normalized spacial score (nSPS) is 9.92.